The Balaban J connectivity index is 2.17. The number of aliphatic hydroxyl groups excluding tert-OH is 1. The van der Waals surface area contributed by atoms with Crippen molar-refractivity contribution in [2.75, 3.05) is 30.0 Å². The Hall–Kier alpha value is -1.53. The van der Waals surface area contributed by atoms with E-state index >= 15 is 0 Å². The summed E-state index contributed by atoms with van der Waals surface area (Å²) >= 11 is 1.26. The van der Waals surface area contributed by atoms with Gasteiger partial charge in [0.2, 0.25) is 11.8 Å². The first kappa shape index (κ1) is 16.5. The number of aryl methyl sites for hydroxylation is 1. The lowest BCUT2D eigenvalue weighted by molar-refractivity contribution is -0.118. The van der Waals surface area contributed by atoms with Crippen LogP contribution >= 0.6 is 11.8 Å². The summed E-state index contributed by atoms with van der Waals surface area (Å²) in [5.41, 5.74) is 1.89. The van der Waals surface area contributed by atoms with Crippen LogP contribution in [0.25, 0.3) is 0 Å². The lowest BCUT2D eigenvalue weighted by atomic mass is 10.2. The van der Waals surface area contributed by atoms with Gasteiger partial charge in [0.25, 0.3) is 0 Å². The molecule has 1 rings (SSSR count). The highest BCUT2D eigenvalue weighted by atomic mass is 32.2. The minimum atomic E-state index is -0.123. The van der Waals surface area contributed by atoms with Gasteiger partial charge < -0.3 is 15.7 Å². The van der Waals surface area contributed by atoms with Gasteiger partial charge >= 0.3 is 0 Å². The van der Waals surface area contributed by atoms with Crippen molar-refractivity contribution in [3.05, 3.63) is 29.8 Å². The molecule has 5 nitrogen and oxygen atoms in total. The number of carbonyl (C=O) groups is 2. The number of rotatable bonds is 8. The number of hydrogen-bond donors (Lipinski definition) is 3. The average molecular weight is 296 g/mol. The Morgan fingerprint density at radius 3 is 2.45 bits per heavy atom. The van der Waals surface area contributed by atoms with E-state index in [1.54, 1.807) is 0 Å². The summed E-state index contributed by atoms with van der Waals surface area (Å²) in [4.78, 5) is 23.0. The Morgan fingerprint density at radius 2 is 1.80 bits per heavy atom. The molecule has 0 heterocycles. The molecule has 0 atom stereocenters. The van der Waals surface area contributed by atoms with Gasteiger partial charge in [-0.2, -0.15) is 0 Å². The van der Waals surface area contributed by atoms with E-state index in [2.05, 4.69) is 10.6 Å². The van der Waals surface area contributed by atoms with E-state index in [9.17, 15) is 9.59 Å². The molecular formula is C14H20N2O3S. The number of anilines is 1. The van der Waals surface area contributed by atoms with Crippen LogP contribution in [0.4, 0.5) is 5.69 Å². The van der Waals surface area contributed by atoms with Crippen LogP contribution < -0.4 is 10.6 Å². The van der Waals surface area contributed by atoms with Gasteiger partial charge in [-0.25, -0.2) is 0 Å². The first-order chi connectivity index (χ1) is 9.61. The van der Waals surface area contributed by atoms with Crippen molar-refractivity contribution in [1.29, 1.82) is 0 Å². The zero-order chi connectivity index (χ0) is 14.8. The summed E-state index contributed by atoms with van der Waals surface area (Å²) in [7, 11) is 0. The molecule has 20 heavy (non-hydrogen) atoms. The van der Waals surface area contributed by atoms with Gasteiger partial charge in [0, 0.05) is 18.8 Å². The molecule has 0 fully saturated rings. The molecule has 0 unspecified atom stereocenters. The Kier molecular flexibility index (Phi) is 7.75. The maximum absolute atomic E-state index is 11.6. The molecule has 110 valence electrons. The summed E-state index contributed by atoms with van der Waals surface area (Å²) in [5, 5.41) is 14.0. The minimum absolute atomic E-state index is 0.0619. The lowest BCUT2D eigenvalue weighted by Crippen LogP contribution is -2.27. The van der Waals surface area contributed by atoms with Crippen LogP contribution in [-0.2, 0) is 9.59 Å². The molecule has 0 bridgehead atoms. The van der Waals surface area contributed by atoms with Gasteiger partial charge in [0.05, 0.1) is 11.5 Å². The van der Waals surface area contributed by atoms with Crippen molar-refractivity contribution < 1.29 is 14.7 Å². The van der Waals surface area contributed by atoms with E-state index in [0.717, 1.165) is 11.3 Å². The number of benzene rings is 1. The highest BCUT2D eigenvalue weighted by Crippen LogP contribution is 2.09. The van der Waals surface area contributed by atoms with Gasteiger partial charge in [0.15, 0.2) is 0 Å². The van der Waals surface area contributed by atoms with Gasteiger partial charge in [-0.05, 0) is 25.5 Å². The Bertz CT molecular complexity index is 435. The minimum Gasteiger partial charge on any atom is -0.396 e. The molecule has 0 saturated heterocycles. The molecule has 1 aromatic rings. The zero-order valence-electron chi connectivity index (χ0n) is 11.5. The molecule has 0 aliphatic heterocycles. The maximum Gasteiger partial charge on any atom is 0.234 e. The summed E-state index contributed by atoms with van der Waals surface area (Å²) < 4.78 is 0. The van der Waals surface area contributed by atoms with E-state index in [1.807, 2.05) is 31.2 Å². The first-order valence-corrected chi connectivity index (χ1v) is 7.59. The van der Waals surface area contributed by atoms with Crippen LogP contribution in [0.3, 0.4) is 0 Å². The summed E-state index contributed by atoms with van der Waals surface area (Å²) in [6.07, 6.45) is 0.546. The van der Waals surface area contributed by atoms with E-state index in [1.165, 1.54) is 11.8 Å². The lowest BCUT2D eigenvalue weighted by Gasteiger charge is -2.06. The predicted octanol–water partition coefficient (Wildman–Crippen LogP) is 1.17. The number of amides is 2. The van der Waals surface area contributed by atoms with Crippen LogP contribution in [0.5, 0.6) is 0 Å². The number of carbonyl (C=O) groups excluding carboxylic acids is 2. The maximum atomic E-state index is 11.6. The molecule has 0 aromatic heterocycles. The van der Waals surface area contributed by atoms with Crippen LogP contribution in [-0.4, -0.2) is 41.6 Å². The van der Waals surface area contributed by atoms with Crippen LogP contribution in [0, 0.1) is 6.92 Å². The molecule has 0 aliphatic carbocycles. The quantitative estimate of drug-likeness (QED) is 0.629. The third kappa shape index (κ3) is 7.16. The molecule has 2 amide bonds. The molecular weight excluding hydrogens is 276 g/mol. The summed E-state index contributed by atoms with van der Waals surface area (Å²) in [6, 6.07) is 7.55. The fraction of sp³-hybridized carbons (Fsp3) is 0.429. The van der Waals surface area contributed by atoms with Crippen LogP contribution in [0.2, 0.25) is 0 Å². The SMILES string of the molecule is Cc1ccc(NC(=O)CSCC(=O)NCCCO)cc1. The summed E-state index contributed by atoms with van der Waals surface area (Å²) in [5.74, 6) is 0.238. The van der Waals surface area contributed by atoms with Crippen molar-refractivity contribution in [3.8, 4) is 0 Å². The highest BCUT2D eigenvalue weighted by Gasteiger charge is 2.05. The fourth-order valence-electron chi connectivity index (χ4n) is 1.43. The van der Waals surface area contributed by atoms with Crippen molar-refractivity contribution in [2.45, 2.75) is 13.3 Å². The fourth-order valence-corrected chi connectivity index (χ4v) is 2.08. The van der Waals surface area contributed by atoms with Crippen LogP contribution in [0.1, 0.15) is 12.0 Å². The van der Waals surface area contributed by atoms with Crippen LogP contribution in [0.15, 0.2) is 24.3 Å². The van der Waals surface area contributed by atoms with E-state index in [0.29, 0.717) is 13.0 Å². The molecule has 0 saturated carbocycles. The number of nitrogens with one attached hydrogen (secondary N) is 2. The van der Waals surface area contributed by atoms with Gasteiger partial charge in [-0.1, -0.05) is 17.7 Å². The second-order valence-corrected chi connectivity index (χ2v) is 5.32. The Labute approximate surface area is 123 Å². The van der Waals surface area contributed by atoms with Crippen molar-refractivity contribution >= 4 is 29.3 Å². The van der Waals surface area contributed by atoms with Gasteiger partial charge in [0.1, 0.15) is 0 Å². The van der Waals surface area contributed by atoms with Crippen molar-refractivity contribution in [3.63, 3.8) is 0 Å². The predicted molar refractivity (Wildman–Crippen MR) is 81.8 cm³/mol. The van der Waals surface area contributed by atoms with Gasteiger partial charge in [-0.15, -0.1) is 11.8 Å². The highest BCUT2D eigenvalue weighted by molar-refractivity contribution is 8.00. The molecule has 0 aliphatic rings. The summed E-state index contributed by atoms with van der Waals surface area (Å²) in [6.45, 7) is 2.51. The van der Waals surface area contributed by atoms with E-state index in [4.69, 9.17) is 5.11 Å². The number of thioether (sulfide) groups is 1. The standard InChI is InChI=1S/C14H20N2O3S/c1-11-3-5-12(6-4-11)16-14(19)10-20-9-13(18)15-7-2-8-17/h3-6,17H,2,7-10H2,1H3,(H,15,18)(H,16,19). The normalized spacial score (nSPS) is 10.1. The van der Waals surface area contributed by atoms with E-state index in [-0.39, 0.29) is 29.9 Å². The second-order valence-electron chi connectivity index (χ2n) is 4.33. The zero-order valence-corrected chi connectivity index (χ0v) is 12.3. The van der Waals surface area contributed by atoms with Gasteiger partial charge in [-0.3, -0.25) is 9.59 Å². The largest absolute Gasteiger partial charge is 0.396 e. The third-order valence-corrected chi connectivity index (χ3v) is 3.39. The third-order valence-electron chi connectivity index (χ3n) is 2.46. The van der Waals surface area contributed by atoms with Crippen molar-refractivity contribution in [1.82, 2.24) is 5.32 Å². The smallest absolute Gasteiger partial charge is 0.234 e. The Morgan fingerprint density at radius 1 is 1.15 bits per heavy atom. The number of aliphatic hydroxyl groups is 1. The topological polar surface area (TPSA) is 78.4 Å². The molecule has 6 heteroatoms. The number of hydrogen-bond acceptors (Lipinski definition) is 4. The molecule has 0 radical (unpaired) electrons. The van der Waals surface area contributed by atoms with E-state index < -0.39 is 0 Å². The average Bonchev–Trinajstić information content (AvgIpc) is 2.42. The first-order valence-electron chi connectivity index (χ1n) is 6.43. The van der Waals surface area contributed by atoms with Crippen molar-refractivity contribution in [2.24, 2.45) is 0 Å². The monoisotopic (exact) mass is 296 g/mol. The molecule has 3 N–H and O–H groups in total. The molecule has 0 spiro atoms. The second kappa shape index (κ2) is 9.39. The molecule has 1 aromatic carbocycles.